The molecule has 2 rings (SSSR count). The molecular weight excluding hydrogens is 363 g/mol. The average Bonchev–Trinajstić information content (AvgIpc) is 2.31. The third kappa shape index (κ3) is 3.14. The number of halogens is 2. The number of rotatable bonds is 2. The van der Waals surface area contributed by atoms with Crippen LogP contribution in [0.2, 0.25) is 5.02 Å². The van der Waals surface area contributed by atoms with Crippen molar-refractivity contribution in [2.24, 2.45) is 0 Å². The van der Waals surface area contributed by atoms with Gasteiger partial charge in [-0.1, -0.05) is 23.7 Å². The summed E-state index contributed by atoms with van der Waals surface area (Å²) in [4.78, 5) is 12.0. The summed E-state index contributed by atoms with van der Waals surface area (Å²) < 4.78 is 0.971. The lowest BCUT2D eigenvalue weighted by atomic mass is 10.2. The molecule has 0 fully saturated rings. The van der Waals surface area contributed by atoms with E-state index in [9.17, 15) is 4.79 Å². The predicted octanol–water partition coefficient (Wildman–Crippen LogP) is 3.78. The third-order valence-corrected chi connectivity index (χ3v) is 3.46. The van der Waals surface area contributed by atoms with Crippen molar-refractivity contribution in [3.05, 3.63) is 56.6 Å². The number of hydrogen-bond donors (Lipinski definition) is 2. The molecule has 0 radical (unpaired) electrons. The van der Waals surface area contributed by atoms with Gasteiger partial charge < -0.3 is 11.1 Å². The highest BCUT2D eigenvalue weighted by molar-refractivity contribution is 14.1. The van der Waals surface area contributed by atoms with Crippen LogP contribution in [-0.2, 0) is 0 Å². The molecule has 0 heterocycles. The Bertz CT molecular complexity index is 581. The van der Waals surface area contributed by atoms with Crippen LogP contribution in [-0.4, -0.2) is 5.91 Å². The Morgan fingerprint density at radius 2 is 1.94 bits per heavy atom. The highest BCUT2D eigenvalue weighted by atomic mass is 127. The largest absolute Gasteiger partial charge is 0.399 e. The van der Waals surface area contributed by atoms with E-state index in [1.165, 1.54) is 0 Å². The summed E-state index contributed by atoms with van der Waals surface area (Å²) in [6.45, 7) is 0. The van der Waals surface area contributed by atoms with Crippen LogP contribution in [0.5, 0.6) is 0 Å². The first-order chi connectivity index (χ1) is 8.56. The summed E-state index contributed by atoms with van der Waals surface area (Å²) in [5.41, 5.74) is 7.33. The molecule has 0 unspecified atom stereocenters. The quantitative estimate of drug-likeness (QED) is 0.623. The minimum Gasteiger partial charge on any atom is -0.399 e. The van der Waals surface area contributed by atoms with Gasteiger partial charge in [-0.3, -0.25) is 4.79 Å². The fraction of sp³-hybridized carbons (Fsp3) is 0. The summed E-state index contributed by atoms with van der Waals surface area (Å²) in [5.74, 6) is -0.228. The van der Waals surface area contributed by atoms with Crippen molar-refractivity contribution in [3.8, 4) is 0 Å². The van der Waals surface area contributed by atoms with Crippen LogP contribution in [0, 0.1) is 3.57 Å². The molecule has 0 atom stereocenters. The van der Waals surface area contributed by atoms with Crippen LogP contribution in [0.15, 0.2) is 42.5 Å². The van der Waals surface area contributed by atoms with E-state index < -0.39 is 0 Å². The molecule has 2 aromatic rings. The number of benzene rings is 2. The van der Waals surface area contributed by atoms with Gasteiger partial charge in [0.25, 0.3) is 5.91 Å². The number of carbonyl (C=O) groups excluding carboxylic acids is 1. The molecule has 3 N–H and O–H groups in total. The molecule has 18 heavy (non-hydrogen) atoms. The van der Waals surface area contributed by atoms with Crippen molar-refractivity contribution in [1.29, 1.82) is 0 Å². The predicted molar refractivity (Wildman–Crippen MR) is 83.0 cm³/mol. The molecule has 0 saturated carbocycles. The topological polar surface area (TPSA) is 55.1 Å². The van der Waals surface area contributed by atoms with Gasteiger partial charge in [0.15, 0.2) is 0 Å². The second kappa shape index (κ2) is 5.58. The van der Waals surface area contributed by atoms with Crippen molar-refractivity contribution >= 4 is 51.5 Å². The number of nitrogen functional groups attached to an aromatic ring is 1. The van der Waals surface area contributed by atoms with Gasteiger partial charge in [0.05, 0.1) is 5.69 Å². The zero-order valence-corrected chi connectivity index (χ0v) is 12.2. The Labute approximate surface area is 123 Å². The molecule has 0 aliphatic heterocycles. The fourth-order valence-electron chi connectivity index (χ4n) is 1.50. The minimum absolute atomic E-state index is 0.228. The maximum absolute atomic E-state index is 12.0. The molecule has 0 bridgehead atoms. The van der Waals surface area contributed by atoms with Gasteiger partial charge in [0, 0.05) is 19.8 Å². The van der Waals surface area contributed by atoms with Crippen LogP contribution in [0.25, 0.3) is 0 Å². The molecule has 2 aromatic carbocycles. The Hall–Kier alpha value is -1.27. The Balaban J connectivity index is 2.25. The first-order valence-corrected chi connectivity index (χ1v) is 6.64. The molecule has 0 spiro atoms. The van der Waals surface area contributed by atoms with Crippen molar-refractivity contribution in [2.45, 2.75) is 0 Å². The summed E-state index contributed by atoms with van der Waals surface area (Å²) >= 11 is 8.03. The first-order valence-electron chi connectivity index (χ1n) is 5.18. The maximum Gasteiger partial charge on any atom is 0.255 e. The fourth-order valence-corrected chi connectivity index (χ4v) is 2.27. The smallest absolute Gasteiger partial charge is 0.255 e. The van der Waals surface area contributed by atoms with Gasteiger partial charge in [-0.2, -0.15) is 0 Å². The standard InChI is InChI=1S/C13H10ClIN2O/c14-9-5-8(6-10(16)7-9)13(18)17-12-4-2-1-3-11(12)15/h1-7H,16H2,(H,17,18). The molecule has 92 valence electrons. The number of anilines is 2. The number of nitrogens with one attached hydrogen (secondary N) is 1. The van der Waals surface area contributed by atoms with E-state index in [-0.39, 0.29) is 5.91 Å². The number of nitrogens with two attached hydrogens (primary N) is 1. The van der Waals surface area contributed by atoms with Crippen molar-refractivity contribution in [2.75, 3.05) is 11.1 Å². The van der Waals surface area contributed by atoms with E-state index in [1.807, 2.05) is 24.3 Å². The van der Waals surface area contributed by atoms with Crippen LogP contribution in [0.1, 0.15) is 10.4 Å². The molecule has 3 nitrogen and oxygen atoms in total. The average molecular weight is 373 g/mol. The Morgan fingerprint density at radius 1 is 1.22 bits per heavy atom. The van der Waals surface area contributed by atoms with Gasteiger partial charge in [-0.25, -0.2) is 0 Å². The van der Waals surface area contributed by atoms with E-state index in [2.05, 4.69) is 27.9 Å². The van der Waals surface area contributed by atoms with E-state index in [0.29, 0.717) is 16.3 Å². The van der Waals surface area contributed by atoms with E-state index in [0.717, 1.165) is 9.26 Å². The summed E-state index contributed by atoms with van der Waals surface area (Å²) in [7, 11) is 0. The molecule has 0 saturated heterocycles. The van der Waals surface area contributed by atoms with Crippen LogP contribution >= 0.6 is 34.2 Å². The van der Waals surface area contributed by atoms with Crippen molar-refractivity contribution in [3.63, 3.8) is 0 Å². The summed E-state index contributed by atoms with van der Waals surface area (Å²) in [6.07, 6.45) is 0. The second-order valence-corrected chi connectivity index (χ2v) is 5.31. The molecular formula is C13H10ClIN2O. The van der Waals surface area contributed by atoms with Gasteiger partial charge in [-0.15, -0.1) is 0 Å². The van der Waals surface area contributed by atoms with Crippen LogP contribution < -0.4 is 11.1 Å². The van der Waals surface area contributed by atoms with E-state index in [1.54, 1.807) is 18.2 Å². The monoisotopic (exact) mass is 372 g/mol. The molecule has 0 aliphatic rings. The van der Waals surface area contributed by atoms with Crippen LogP contribution in [0.4, 0.5) is 11.4 Å². The maximum atomic E-state index is 12.0. The molecule has 5 heteroatoms. The highest BCUT2D eigenvalue weighted by Crippen LogP contribution is 2.20. The Morgan fingerprint density at radius 3 is 2.61 bits per heavy atom. The number of carbonyl (C=O) groups is 1. The number of amides is 1. The molecule has 1 amide bonds. The second-order valence-electron chi connectivity index (χ2n) is 3.71. The van der Waals surface area contributed by atoms with Gasteiger partial charge in [-0.05, 0) is 52.9 Å². The third-order valence-electron chi connectivity index (χ3n) is 2.30. The summed E-state index contributed by atoms with van der Waals surface area (Å²) in [6, 6.07) is 12.3. The van der Waals surface area contributed by atoms with Gasteiger partial charge in [0.2, 0.25) is 0 Å². The zero-order chi connectivity index (χ0) is 13.1. The SMILES string of the molecule is Nc1cc(Cl)cc(C(=O)Nc2ccccc2I)c1. The van der Waals surface area contributed by atoms with Crippen molar-refractivity contribution in [1.82, 2.24) is 0 Å². The summed E-state index contributed by atoms with van der Waals surface area (Å²) in [5, 5.41) is 3.27. The van der Waals surface area contributed by atoms with E-state index in [4.69, 9.17) is 17.3 Å². The van der Waals surface area contributed by atoms with Crippen molar-refractivity contribution < 1.29 is 4.79 Å². The Kier molecular flexibility index (Phi) is 4.08. The normalized spacial score (nSPS) is 10.1. The zero-order valence-electron chi connectivity index (χ0n) is 9.28. The number of para-hydroxylation sites is 1. The highest BCUT2D eigenvalue weighted by Gasteiger charge is 2.09. The minimum atomic E-state index is -0.228. The van der Waals surface area contributed by atoms with Crippen LogP contribution in [0.3, 0.4) is 0 Å². The van der Waals surface area contributed by atoms with Gasteiger partial charge >= 0.3 is 0 Å². The molecule has 0 aromatic heterocycles. The lowest BCUT2D eigenvalue weighted by molar-refractivity contribution is 0.102. The van der Waals surface area contributed by atoms with E-state index >= 15 is 0 Å². The molecule has 0 aliphatic carbocycles. The lowest BCUT2D eigenvalue weighted by Crippen LogP contribution is -2.13. The first kappa shape index (κ1) is 13.2. The lowest BCUT2D eigenvalue weighted by Gasteiger charge is -2.08. The number of hydrogen-bond acceptors (Lipinski definition) is 2. The van der Waals surface area contributed by atoms with Gasteiger partial charge in [0.1, 0.15) is 0 Å².